The maximum absolute atomic E-state index is 8.95. The van der Waals surface area contributed by atoms with Crippen LogP contribution in [0.2, 0.25) is 0 Å². The Balaban J connectivity index is 3.26. The van der Waals surface area contributed by atoms with Crippen molar-refractivity contribution >= 4 is 0 Å². The first kappa shape index (κ1) is 11.9. The molecule has 0 aliphatic rings. The zero-order valence-corrected chi connectivity index (χ0v) is 8.18. The van der Waals surface area contributed by atoms with Gasteiger partial charge in [0.25, 0.3) is 0 Å². The molecule has 0 saturated heterocycles. The fraction of sp³-hybridized carbons (Fsp3) is 1.00. The van der Waals surface area contributed by atoms with Crippen LogP contribution in [0.15, 0.2) is 0 Å². The molecule has 0 bridgehead atoms. The van der Waals surface area contributed by atoms with E-state index in [0.29, 0.717) is 6.61 Å². The summed E-state index contributed by atoms with van der Waals surface area (Å²) in [5.41, 5.74) is 0. The van der Waals surface area contributed by atoms with Crippen molar-refractivity contribution in [2.75, 3.05) is 26.9 Å². The third-order valence-electron chi connectivity index (χ3n) is 1.87. The van der Waals surface area contributed by atoms with Gasteiger partial charge in [0.2, 0.25) is 0 Å². The highest BCUT2D eigenvalue weighted by molar-refractivity contribution is 4.64. The summed E-state index contributed by atoms with van der Waals surface area (Å²) in [5.74, 6) is 0. The summed E-state index contributed by atoms with van der Waals surface area (Å²) < 4.78 is 4.90. The summed E-state index contributed by atoms with van der Waals surface area (Å²) in [6.45, 7) is 3.92. The van der Waals surface area contributed by atoms with Crippen molar-refractivity contribution in [3.8, 4) is 0 Å². The van der Waals surface area contributed by atoms with Crippen molar-refractivity contribution in [2.24, 2.45) is 0 Å². The van der Waals surface area contributed by atoms with Crippen molar-refractivity contribution in [2.45, 2.75) is 32.2 Å². The van der Waals surface area contributed by atoms with Crippen LogP contribution in [-0.2, 0) is 4.74 Å². The molecule has 2 N–H and O–H groups in total. The maximum atomic E-state index is 8.95. The standard InChI is InChI=1S/C9H21NO2/c1-3-4-5-9(8-11)10-6-7-12-2/h9-11H,3-8H2,1-2H3. The molecule has 12 heavy (non-hydrogen) atoms. The number of methoxy groups -OCH3 is 1. The number of ether oxygens (including phenoxy) is 1. The maximum Gasteiger partial charge on any atom is 0.0587 e. The van der Waals surface area contributed by atoms with E-state index >= 15 is 0 Å². The van der Waals surface area contributed by atoms with Crippen molar-refractivity contribution in [1.29, 1.82) is 0 Å². The Labute approximate surface area is 75.1 Å². The number of rotatable bonds is 8. The van der Waals surface area contributed by atoms with Gasteiger partial charge in [0.05, 0.1) is 13.2 Å². The van der Waals surface area contributed by atoms with Gasteiger partial charge in [-0.1, -0.05) is 19.8 Å². The van der Waals surface area contributed by atoms with Crippen LogP contribution in [-0.4, -0.2) is 38.0 Å². The molecular weight excluding hydrogens is 154 g/mol. The normalized spacial score (nSPS) is 13.2. The molecule has 0 fully saturated rings. The largest absolute Gasteiger partial charge is 0.395 e. The Bertz CT molecular complexity index is 88.6. The molecule has 1 unspecified atom stereocenters. The fourth-order valence-electron chi connectivity index (χ4n) is 1.07. The molecule has 0 rings (SSSR count). The second-order valence-corrected chi connectivity index (χ2v) is 2.97. The van der Waals surface area contributed by atoms with Gasteiger partial charge in [-0.2, -0.15) is 0 Å². The molecule has 0 radical (unpaired) electrons. The summed E-state index contributed by atoms with van der Waals surface area (Å²) >= 11 is 0. The Morgan fingerprint density at radius 2 is 2.25 bits per heavy atom. The monoisotopic (exact) mass is 175 g/mol. The van der Waals surface area contributed by atoms with Gasteiger partial charge in [-0.05, 0) is 6.42 Å². The molecule has 3 heteroatoms. The molecule has 0 aliphatic heterocycles. The number of hydrogen-bond acceptors (Lipinski definition) is 3. The minimum Gasteiger partial charge on any atom is -0.395 e. The van der Waals surface area contributed by atoms with Crippen LogP contribution in [0.25, 0.3) is 0 Å². The smallest absolute Gasteiger partial charge is 0.0587 e. The second-order valence-electron chi connectivity index (χ2n) is 2.97. The van der Waals surface area contributed by atoms with Crippen LogP contribution in [0.3, 0.4) is 0 Å². The van der Waals surface area contributed by atoms with Gasteiger partial charge < -0.3 is 15.2 Å². The van der Waals surface area contributed by atoms with E-state index in [0.717, 1.165) is 13.0 Å². The van der Waals surface area contributed by atoms with Crippen molar-refractivity contribution in [3.05, 3.63) is 0 Å². The molecule has 0 spiro atoms. The van der Waals surface area contributed by atoms with Gasteiger partial charge in [-0.25, -0.2) is 0 Å². The van der Waals surface area contributed by atoms with Crippen LogP contribution in [0.1, 0.15) is 26.2 Å². The highest BCUT2D eigenvalue weighted by Gasteiger charge is 2.04. The number of aliphatic hydroxyl groups excluding tert-OH is 1. The number of aliphatic hydroxyl groups is 1. The predicted octanol–water partition coefficient (Wildman–Crippen LogP) is 0.773. The first-order valence-electron chi connectivity index (χ1n) is 4.68. The Morgan fingerprint density at radius 3 is 2.75 bits per heavy atom. The SMILES string of the molecule is CCCCC(CO)NCCOC. The number of nitrogens with one attached hydrogen (secondary N) is 1. The van der Waals surface area contributed by atoms with Gasteiger partial charge in [0.15, 0.2) is 0 Å². The Hall–Kier alpha value is -0.120. The zero-order chi connectivity index (χ0) is 9.23. The third-order valence-corrected chi connectivity index (χ3v) is 1.87. The lowest BCUT2D eigenvalue weighted by atomic mass is 10.1. The molecule has 0 aliphatic carbocycles. The van der Waals surface area contributed by atoms with Crippen LogP contribution in [0, 0.1) is 0 Å². The van der Waals surface area contributed by atoms with Crippen LogP contribution < -0.4 is 5.32 Å². The Morgan fingerprint density at radius 1 is 1.50 bits per heavy atom. The van der Waals surface area contributed by atoms with E-state index in [1.165, 1.54) is 12.8 Å². The lowest BCUT2D eigenvalue weighted by molar-refractivity contribution is 0.181. The quantitative estimate of drug-likeness (QED) is 0.535. The summed E-state index contributed by atoms with van der Waals surface area (Å²) in [6.07, 6.45) is 3.41. The molecule has 0 heterocycles. The Kier molecular flexibility index (Phi) is 8.88. The second kappa shape index (κ2) is 8.97. The molecule has 1 atom stereocenters. The third kappa shape index (κ3) is 6.58. The van der Waals surface area contributed by atoms with Gasteiger partial charge in [0.1, 0.15) is 0 Å². The van der Waals surface area contributed by atoms with Crippen LogP contribution in [0.4, 0.5) is 0 Å². The lowest BCUT2D eigenvalue weighted by Gasteiger charge is -2.14. The highest BCUT2D eigenvalue weighted by Crippen LogP contribution is 1.98. The summed E-state index contributed by atoms with van der Waals surface area (Å²) in [5, 5.41) is 12.2. The van der Waals surface area contributed by atoms with Crippen molar-refractivity contribution < 1.29 is 9.84 Å². The van der Waals surface area contributed by atoms with E-state index in [4.69, 9.17) is 9.84 Å². The molecule has 0 amide bonds. The topological polar surface area (TPSA) is 41.5 Å². The van der Waals surface area contributed by atoms with E-state index < -0.39 is 0 Å². The number of hydrogen-bond donors (Lipinski definition) is 2. The predicted molar refractivity (Wildman–Crippen MR) is 50.3 cm³/mol. The first-order valence-corrected chi connectivity index (χ1v) is 4.68. The lowest BCUT2D eigenvalue weighted by Crippen LogP contribution is -2.34. The van der Waals surface area contributed by atoms with Crippen molar-refractivity contribution in [3.63, 3.8) is 0 Å². The molecule has 0 aromatic rings. The van der Waals surface area contributed by atoms with Crippen molar-refractivity contribution in [1.82, 2.24) is 5.32 Å². The molecule has 74 valence electrons. The number of unbranched alkanes of at least 4 members (excludes halogenated alkanes) is 1. The molecule has 0 saturated carbocycles. The molecular formula is C9H21NO2. The highest BCUT2D eigenvalue weighted by atomic mass is 16.5. The molecule has 0 aromatic carbocycles. The summed E-state index contributed by atoms with van der Waals surface area (Å²) in [4.78, 5) is 0. The van der Waals surface area contributed by atoms with E-state index in [1.54, 1.807) is 7.11 Å². The summed E-state index contributed by atoms with van der Waals surface area (Å²) in [7, 11) is 1.68. The van der Waals surface area contributed by atoms with Crippen LogP contribution in [0.5, 0.6) is 0 Å². The summed E-state index contributed by atoms with van der Waals surface area (Å²) in [6, 6.07) is 0.250. The van der Waals surface area contributed by atoms with E-state index in [-0.39, 0.29) is 12.6 Å². The average Bonchev–Trinajstić information content (AvgIpc) is 2.11. The fourth-order valence-corrected chi connectivity index (χ4v) is 1.07. The van der Waals surface area contributed by atoms with Gasteiger partial charge in [-0.3, -0.25) is 0 Å². The molecule has 3 nitrogen and oxygen atoms in total. The zero-order valence-electron chi connectivity index (χ0n) is 8.18. The molecule has 0 aromatic heterocycles. The van der Waals surface area contributed by atoms with Crippen LogP contribution >= 0.6 is 0 Å². The minimum absolute atomic E-state index is 0.226. The van der Waals surface area contributed by atoms with E-state index in [9.17, 15) is 0 Å². The van der Waals surface area contributed by atoms with Gasteiger partial charge in [0, 0.05) is 19.7 Å². The minimum atomic E-state index is 0.226. The first-order chi connectivity index (χ1) is 5.85. The van der Waals surface area contributed by atoms with Gasteiger partial charge >= 0.3 is 0 Å². The average molecular weight is 175 g/mol. The van der Waals surface area contributed by atoms with E-state index in [1.807, 2.05) is 0 Å². The van der Waals surface area contributed by atoms with E-state index in [2.05, 4.69) is 12.2 Å². The van der Waals surface area contributed by atoms with Gasteiger partial charge in [-0.15, -0.1) is 0 Å².